The molecule has 1 aliphatic rings. The van der Waals surface area contributed by atoms with Gasteiger partial charge in [-0.1, -0.05) is 46.3 Å². The molecule has 1 fully saturated rings. The zero-order valence-corrected chi connectivity index (χ0v) is 21.9. The standard InChI is InChI=1S/C25H38F2O3.C3H8/c1-7-10-11-20-13-15-22(29-16-20)17-30-21(8-2)14-12-18(4)23(9-3)25(27)24(26)19(5)28-6;1-3-2/h7,12,14,20,22H,1,8-11,13,15-17H2,2-6H3;3H2,1-2H3/b18-12+,21-14+,24-19-,25-23-;. The summed E-state index contributed by atoms with van der Waals surface area (Å²) in [5.74, 6) is -0.500. The zero-order chi connectivity index (χ0) is 25.2. The zero-order valence-electron chi connectivity index (χ0n) is 21.9. The summed E-state index contributed by atoms with van der Waals surface area (Å²) in [6.45, 7) is 16.3. The van der Waals surface area contributed by atoms with Crippen molar-refractivity contribution in [2.75, 3.05) is 20.3 Å². The molecule has 0 aromatic rings. The molecule has 0 aromatic heterocycles. The lowest BCUT2D eigenvalue weighted by atomic mass is 9.94. The maximum Gasteiger partial charge on any atom is 0.196 e. The molecule has 3 nitrogen and oxygen atoms in total. The molecule has 5 heteroatoms. The normalized spacial score (nSPS) is 20.8. The van der Waals surface area contributed by atoms with E-state index in [4.69, 9.17) is 14.2 Å². The van der Waals surface area contributed by atoms with Crippen LogP contribution in [0.3, 0.4) is 0 Å². The Morgan fingerprint density at radius 3 is 2.18 bits per heavy atom. The Labute approximate surface area is 201 Å². The molecule has 0 saturated carbocycles. The molecule has 1 heterocycles. The van der Waals surface area contributed by atoms with Gasteiger partial charge in [0.05, 0.1) is 19.0 Å². The van der Waals surface area contributed by atoms with E-state index in [9.17, 15) is 8.78 Å². The van der Waals surface area contributed by atoms with Gasteiger partial charge < -0.3 is 14.2 Å². The van der Waals surface area contributed by atoms with E-state index in [0.29, 0.717) is 36.5 Å². The maximum atomic E-state index is 14.5. The predicted molar refractivity (Wildman–Crippen MR) is 135 cm³/mol. The van der Waals surface area contributed by atoms with Gasteiger partial charge in [0.15, 0.2) is 11.7 Å². The molecule has 0 radical (unpaired) electrons. The van der Waals surface area contributed by atoms with E-state index in [1.54, 1.807) is 19.9 Å². The average Bonchev–Trinajstić information content (AvgIpc) is 2.83. The Balaban J connectivity index is 0.00000322. The SMILES string of the molecule is C=CCCC1CCC(CO/C(=C/C=C(C)/C(CC)=C(F)/C(F)=C(\C)OC)CC)OC1.CCC. The van der Waals surface area contributed by atoms with Crippen LogP contribution in [0.25, 0.3) is 0 Å². The van der Waals surface area contributed by atoms with Gasteiger partial charge in [-0.05, 0) is 69.1 Å². The Morgan fingerprint density at radius 2 is 1.70 bits per heavy atom. The summed E-state index contributed by atoms with van der Waals surface area (Å²) in [6.07, 6.45) is 12.3. The van der Waals surface area contributed by atoms with Gasteiger partial charge in [0, 0.05) is 13.0 Å². The number of halogens is 2. The fourth-order valence-electron chi connectivity index (χ4n) is 3.34. The molecule has 0 spiro atoms. The molecule has 0 N–H and O–H groups in total. The third kappa shape index (κ3) is 12.2. The molecule has 33 heavy (non-hydrogen) atoms. The van der Waals surface area contributed by atoms with E-state index in [2.05, 4.69) is 20.4 Å². The van der Waals surface area contributed by atoms with Gasteiger partial charge in [-0.25, -0.2) is 8.78 Å². The van der Waals surface area contributed by atoms with Gasteiger partial charge in [0.25, 0.3) is 0 Å². The fourth-order valence-corrected chi connectivity index (χ4v) is 3.34. The number of hydrogen-bond donors (Lipinski definition) is 0. The Kier molecular flexibility index (Phi) is 17.5. The van der Waals surface area contributed by atoms with E-state index in [0.717, 1.165) is 38.0 Å². The van der Waals surface area contributed by atoms with E-state index >= 15 is 0 Å². The summed E-state index contributed by atoms with van der Waals surface area (Å²) in [7, 11) is 1.32. The third-order valence-corrected chi connectivity index (χ3v) is 5.47. The van der Waals surface area contributed by atoms with Crippen molar-refractivity contribution < 1.29 is 23.0 Å². The minimum absolute atomic E-state index is 0.0708. The van der Waals surface area contributed by atoms with Crippen molar-refractivity contribution in [1.82, 2.24) is 0 Å². The largest absolute Gasteiger partial charge is 0.498 e. The molecular weight excluding hydrogens is 422 g/mol. The quantitative estimate of drug-likeness (QED) is 0.163. The number of allylic oxidation sites excluding steroid dienone is 9. The minimum Gasteiger partial charge on any atom is -0.498 e. The molecule has 0 aliphatic carbocycles. The van der Waals surface area contributed by atoms with Crippen LogP contribution in [0.15, 0.2) is 59.1 Å². The second-order valence-electron chi connectivity index (χ2n) is 8.34. The number of methoxy groups -OCH3 is 1. The predicted octanol–water partition coefficient (Wildman–Crippen LogP) is 8.90. The molecule has 0 amide bonds. The highest BCUT2D eigenvalue weighted by molar-refractivity contribution is 5.40. The van der Waals surface area contributed by atoms with Gasteiger partial charge >= 0.3 is 0 Å². The van der Waals surface area contributed by atoms with Crippen molar-refractivity contribution in [3.63, 3.8) is 0 Å². The molecule has 2 unspecified atom stereocenters. The maximum absolute atomic E-state index is 14.5. The lowest BCUT2D eigenvalue weighted by Gasteiger charge is -2.29. The van der Waals surface area contributed by atoms with Gasteiger partial charge in [-0.3, -0.25) is 0 Å². The van der Waals surface area contributed by atoms with Crippen LogP contribution in [0.4, 0.5) is 8.78 Å². The Hall–Kier alpha value is -1.88. The summed E-state index contributed by atoms with van der Waals surface area (Å²) < 4.78 is 45.3. The second-order valence-corrected chi connectivity index (χ2v) is 8.34. The van der Waals surface area contributed by atoms with Gasteiger partial charge in [-0.2, -0.15) is 0 Å². The van der Waals surface area contributed by atoms with Gasteiger partial charge in [0.2, 0.25) is 0 Å². The molecule has 1 saturated heterocycles. The van der Waals surface area contributed by atoms with E-state index < -0.39 is 11.7 Å². The number of ether oxygens (including phenoxy) is 3. The first-order valence-electron chi connectivity index (χ1n) is 12.3. The topological polar surface area (TPSA) is 27.7 Å². The molecule has 0 bridgehead atoms. The van der Waals surface area contributed by atoms with Crippen LogP contribution < -0.4 is 0 Å². The van der Waals surface area contributed by atoms with Crippen LogP contribution in [-0.2, 0) is 14.2 Å². The molecule has 1 rings (SSSR count). The van der Waals surface area contributed by atoms with E-state index in [1.807, 2.05) is 19.1 Å². The first-order chi connectivity index (χ1) is 15.8. The monoisotopic (exact) mass is 468 g/mol. The second kappa shape index (κ2) is 18.5. The first kappa shape index (κ1) is 31.1. The van der Waals surface area contributed by atoms with Crippen molar-refractivity contribution in [3.05, 3.63) is 59.1 Å². The highest BCUT2D eigenvalue weighted by atomic mass is 19.2. The summed E-state index contributed by atoms with van der Waals surface area (Å²) >= 11 is 0. The van der Waals surface area contributed by atoms with Crippen LogP contribution in [0.5, 0.6) is 0 Å². The molecule has 1 aliphatic heterocycles. The van der Waals surface area contributed by atoms with Crippen LogP contribution in [0.1, 0.15) is 86.5 Å². The van der Waals surface area contributed by atoms with E-state index in [1.165, 1.54) is 20.5 Å². The Morgan fingerprint density at radius 1 is 1.03 bits per heavy atom. The van der Waals surface area contributed by atoms with Gasteiger partial charge in [-0.15, -0.1) is 6.58 Å². The van der Waals surface area contributed by atoms with Gasteiger partial charge in [0.1, 0.15) is 12.4 Å². The molecular formula is C28H46F2O3. The van der Waals surface area contributed by atoms with Crippen molar-refractivity contribution in [2.45, 2.75) is 92.6 Å². The van der Waals surface area contributed by atoms with Crippen molar-refractivity contribution in [3.8, 4) is 0 Å². The summed E-state index contributed by atoms with van der Waals surface area (Å²) in [5, 5.41) is 0. The molecule has 190 valence electrons. The van der Waals surface area contributed by atoms with Crippen LogP contribution >= 0.6 is 0 Å². The highest BCUT2D eigenvalue weighted by Crippen LogP contribution is 2.28. The Bertz CT molecular complexity index is 681. The molecule has 2 atom stereocenters. The average molecular weight is 469 g/mol. The fraction of sp³-hybridized carbons (Fsp3) is 0.643. The lowest BCUT2D eigenvalue weighted by Crippen LogP contribution is -2.29. The number of hydrogen-bond acceptors (Lipinski definition) is 3. The smallest absolute Gasteiger partial charge is 0.196 e. The van der Waals surface area contributed by atoms with Crippen LogP contribution in [-0.4, -0.2) is 26.4 Å². The molecule has 0 aromatic carbocycles. The summed E-state index contributed by atoms with van der Waals surface area (Å²) in [5.41, 5.74) is 0.972. The van der Waals surface area contributed by atoms with Crippen molar-refractivity contribution in [1.29, 1.82) is 0 Å². The van der Waals surface area contributed by atoms with Crippen molar-refractivity contribution in [2.24, 2.45) is 5.92 Å². The minimum atomic E-state index is -0.959. The first-order valence-corrected chi connectivity index (χ1v) is 12.3. The van der Waals surface area contributed by atoms with Crippen molar-refractivity contribution >= 4 is 0 Å². The van der Waals surface area contributed by atoms with Crippen LogP contribution in [0, 0.1) is 5.92 Å². The third-order valence-electron chi connectivity index (χ3n) is 5.47. The summed E-state index contributed by atoms with van der Waals surface area (Å²) in [4.78, 5) is 0. The summed E-state index contributed by atoms with van der Waals surface area (Å²) in [6, 6.07) is 0. The number of rotatable bonds is 12. The van der Waals surface area contributed by atoms with E-state index in [-0.39, 0.29) is 11.9 Å². The highest BCUT2D eigenvalue weighted by Gasteiger charge is 2.22. The lowest BCUT2D eigenvalue weighted by molar-refractivity contribution is -0.0510. The van der Waals surface area contributed by atoms with Crippen LogP contribution in [0.2, 0.25) is 0 Å².